The van der Waals surface area contributed by atoms with Crippen molar-refractivity contribution in [2.24, 2.45) is 12.8 Å². The Morgan fingerprint density at radius 3 is 3.14 bits per heavy atom. The van der Waals surface area contributed by atoms with Gasteiger partial charge in [-0.3, -0.25) is 0 Å². The van der Waals surface area contributed by atoms with Gasteiger partial charge in [-0.05, 0) is 19.3 Å². The van der Waals surface area contributed by atoms with E-state index in [4.69, 9.17) is 5.73 Å². The summed E-state index contributed by atoms with van der Waals surface area (Å²) in [7, 11) is 2.03. The van der Waals surface area contributed by atoms with Crippen LogP contribution in [0.4, 0.5) is 0 Å². The van der Waals surface area contributed by atoms with Crippen molar-refractivity contribution in [1.82, 2.24) is 9.55 Å². The molecule has 2 rings (SSSR count). The normalized spacial score (nSPS) is 24.7. The van der Waals surface area contributed by atoms with Gasteiger partial charge in [-0.15, -0.1) is 0 Å². The van der Waals surface area contributed by atoms with Crippen LogP contribution in [0.1, 0.15) is 25.1 Å². The first kappa shape index (κ1) is 9.46. The molecule has 3 heteroatoms. The van der Waals surface area contributed by atoms with Crippen molar-refractivity contribution < 1.29 is 0 Å². The fourth-order valence-electron chi connectivity index (χ4n) is 1.93. The smallest absolute Gasteiger partial charge is 0.112 e. The van der Waals surface area contributed by atoms with Gasteiger partial charge >= 0.3 is 0 Å². The van der Waals surface area contributed by atoms with Gasteiger partial charge in [0.05, 0.1) is 0 Å². The molecule has 1 unspecified atom stereocenters. The SMILES string of the molecule is Cn1ccnc1C/C=C1/CCC(N)C1. The Kier molecular flexibility index (Phi) is 2.68. The third-order valence-electron chi connectivity index (χ3n) is 2.85. The van der Waals surface area contributed by atoms with Gasteiger partial charge < -0.3 is 10.3 Å². The van der Waals surface area contributed by atoms with Gasteiger partial charge in [-0.1, -0.05) is 11.6 Å². The molecule has 76 valence electrons. The summed E-state index contributed by atoms with van der Waals surface area (Å²) in [6.45, 7) is 0. The van der Waals surface area contributed by atoms with Crippen molar-refractivity contribution in [2.45, 2.75) is 31.7 Å². The van der Waals surface area contributed by atoms with Crippen molar-refractivity contribution in [3.05, 3.63) is 29.9 Å². The predicted molar refractivity (Wildman–Crippen MR) is 56.8 cm³/mol. The maximum atomic E-state index is 5.84. The van der Waals surface area contributed by atoms with Crippen LogP contribution in [0, 0.1) is 0 Å². The molecule has 0 aliphatic heterocycles. The number of nitrogens with two attached hydrogens (primary N) is 1. The molecule has 1 aliphatic rings. The Morgan fingerprint density at radius 2 is 2.57 bits per heavy atom. The number of imidazole rings is 1. The number of aryl methyl sites for hydroxylation is 1. The topological polar surface area (TPSA) is 43.8 Å². The number of rotatable bonds is 2. The van der Waals surface area contributed by atoms with Crippen LogP contribution in [-0.4, -0.2) is 15.6 Å². The largest absolute Gasteiger partial charge is 0.338 e. The van der Waals surface area contributed by atoms with E-state index in [9.17, 15) is 0 Å². The molecule has 3 nitrogen and oxygen atoms in total. The second-order valence-corrected chi connectivity index (χ2v) is 4.02. The lowest BCUT2D eigenvalue weighted by molar-refractivity contribution is 0.711. The molecule has 0 radical (unpaired) electrons. The van der Waals surface area contributed by atoms with E-state index in [0.29, 0.717) is 6.04 Å². The Balaban J connectivity index is 1.97. The number of nitrogens with zero attached hydrogens (tertiary/aromatic N) is 2. The highest BCUT2D eigenvalue weighted by molar-refractivity contribution is 5.12. The van der Waals surface area contributed by atoms with E-state index >= 15 is 0 Å². The fraction of sp³-hybridized carbons (Fsp3) is 0.545. The van der Waals surface area contributed by atoms with Crippen LogP contribution in [0.15, 0.2) is 24.0 Å². The molecular weight excluding hydrogens is 174 g/mol. The predicted octanol–water partition coefficient (Wildman–Crippen LogP) is 1.40. The molecule has 1 fully saturated rings. The molecule has 1 atom stereocenters. The van der Waals surface area contributed by atoms with E-state index in [1.165, 1.54) is 12.0 Å². The van der Waals surface area contributed by atoms with Gasteiger partial charge in [0.2, 0.25) is 0 Å². The minimum absolute atomic E-state index is 0.391. The van der Waals surface area contributed by atoms with E-state index in [0.717, 1.165) is 25.1 Å². The standard InChI is InChI=1S/C11H17N3/c1-14-7-6-13-11(14)5-3-9-2-4-10(12)8-9/h3,6-7,10H,2,4-5,8,12H2,1H3/b9-3-. The lowest BCUT2D eigenvalue weighted by Crippen LogP contribution is -2.13. The molecule has 0 saturated heterocycles. The maximum absolute atomic E-state index is 5.84. The molecule has 14 heavy (non-hydrogen) atoms. The summed E-state index contributed by atoms with van der Waals surface area (Å²) < 4.78 is 2.06. The number of aromatic nitrogens is 2. The van der Waals surface area contributed by atoms with Gasteiger partial charge in [0.1, 0.15) is 5.82 Å². The molecule has 1 aliphatic carbocycles. The Hall–Kier alpha value is -1.09. The average molecular weight is 191 g/mol. The zero-order valence-corrected chi connectivity index (χ0v) is 8.61. The molecule has 0 amide bonds. The molecule has 0 spiro atoms. The summed E-state index contributed by atoms with van der Waals surface area (Å²) >= 11 is 0. The quantitative estimate of drug-likeness (QED) is 0.718. The van der Waals surface area contributed by atoms with Crippen molar-refractivity contribution in [3.63, 3.8) is 0 Å². The van der Waals surface area contributed by atoms with Crippen LogP contribution in [-0.2, 0) is 13.5 Å². The number of hydrogen-bond donors (Lipinski definition) is 1. The Labute approximate surface area is 84.6 Å². The molecule has 0 aromatic carbocycles. The minimum Gasteiger partial charge on any atom is -0.338 e. The summed E-state index contributed by atoms with van der Waals surface area (Å²) in [5.41, 5.74) is 7.34. The lowest BCUT2D eigenvalue weighted by Gasteiger charge is -1.99. The van der Waals surface area contributed by atoms with Crippen LogP contribution in [0.3, 0.4) is 0 Å². The highest BCUT2D eigenvalue weighted by Gasteiger charge is 2.14. The average Bonchev–Trinajstić information content (AvgIpc) is 2.72. The number of hydrogen-bond acceptors (Lipinski definition) is 2. The van der Waals surface area contributed by atoms with Crippen molar-refractivity contribution >= 4 is 0 Å². The zero-order valence-electron chi connectivity index (χ0n) is 8.61. The second-order valence-electron chi connectivity index (χ2n) is 4.02. The van der Waals surface area contributed by atoms with E-state index in [2.05, 4.69) is 15.6 Å². The maximum Gasteiger partial charge on any atom is 0.112 e. The third-order valence-corrected chi connectivity index (χ3v) is 2.85. The van der Waals surface area contributed by atoms with Gasteiger partial charge in [0.15, 0.2) is 0 Å². The van der Waals surface area contributed by atoms with Gasteiger partial charge in [0, 0.05) is 31.9 Å². The first-order valence-corrected chi connectivity index (χ1v) is 5.15. The molecule has 1 aromatic heterocycles. The summed E-state index contributed by atoms with van der Waals surface area (Å²) in [5, 5.41) is 0. The summed E-state index contributed by atoms with van der Waals surface area (Å²) in [6, 6.07) is 0.391. The van der Waals surface area contributed by atoms with Crippen molar-refractivity contribution in [1.29, 1.82) is 0 Å². The van der Waals surface area contributed by atoms with E-state index in [1.54, 1.807) is 0 Å². The van der Waals surface area contributed by atoms with Crippen LogP contribution in [0.2, 0.25) is 0 Å². The van der Waals surface area contributed by atoms with Crippen LogP contribution in [0.25, 0.3) is 0 Å². The molecule has 1 aromatic rings. The molecule has 2 N–H and O–H groups in total. The Morgan fingerprint density at radius 1 is 1.71 bits per heavy atom. The number of allylic oxidation sites excluding steroid dienone is 1. The van der Waals surface area contributed by atoms with Gasteiger partial charge in [0.25, 0.3) is 0 Å². The fourth-order valence-corrected chi connectivity index (χ4v) is 1.93. The van der Waals surface area contributed by atoms with Crippen molar-refractivity contribution in [3.8, 4) is 0 Å². The first-order valence-electron chi connectivity index (χ1n) is 5.15. The highest BCUT2D eigenvalue weighted by atomic mass is 15.0. The Bertz CT molecular complexity index is 338. The van der Waals surface area contributed by atoms with Crippen LogP contribution in [0.5, 0.6) is 0 Å². The van der Waals surface area contributed by atoms with Crippen LogP contribution >= 0.6 is 0 Å². The van der Waals surface area contributed by atoms with Gasteiger partial charge in [-0.25, -0.2) is 4.98 Å². The molecule has 1 heterocycles. The molecule has 1 saturated carbocycles. The lowest BCUT2D eigenvalue weighted by atomic mass is 10.2. The minimum atomic E-state index is 0.391. The van der Waals surface area contributed by atoms with Crippen molar-refractivity contribution in [2.75, 3.05) is 0 Å². The van der Waals surface area contributed by atoms with E-state index in [1.807, 2.05) is 19.4 Å². The summed E-state index contributed by atoms with van der Waals surface area (Å²) in [6.07, 6.45) is 10.4. The zero-order chi connectivity index (χ0) is 9.97. The first-order chi connectivity index (χ1) is 6.75. The van der Waals surface area contributed by atoms with E-state index < -0.39 is 0 Å². The second kappa shape index (κ2) is 3.96. The molecular formula is C11H17N3. The summed E-state index contributed by atoms with van der Waals surface area (Å²) in [4.78, 5) is 4.28. The highest BCUT2D eigenvalue weighted by Crippen LogP contribution is 2.23. The van der Waals surface area contributed by atoms with Gasteiger partial charge in [-0.2, -0.15) is 0 Å². The van der Waals surface area contributed by atoms with E-state index in [-0.39, 0.29) is 0 Å². The monoisotopic (exact) mass is 191 g/mol. The molecule has 0 bridgehead atoms. The third kappa shape index (κ3) is 2.04. The van der Waals surface area contributed by atoms with Crippen LogP contribution < -0.4 is 5.73 Å². The summed E-state index contributed by atoms with van der Waals surface area (Å²) in [5.74, 6) is 1.12.